The molecule has 3 rings (SSSR count). The Kier molecular flexibility index (Phi) is 6.90. The molecule has 0 radical (unpaired) electrons. The molecular formula is C18H11F9N8O. The van der Waals surface area contributed by atoms with Crippen LogP contribution in [0.2, 0.25) is 0 Å². The number of nitrogens with one attached hydrogen (secondary N) is 1. The lowest BCUT2D eigenvalue weighted by Crippen LogP contribution is -2.22. The van der Waals surface area contributed by atoms with Gasteiger partial charge in [0.2, 0.25) is 5.95 Å². The Hall–Kier alpha value is -4.25. The van der Waals surface area contributed by atoms with Crippen molar-refractivity contribution in [1.29, 1.82) is 0 Å². The summed E-state index contributed by atoms with van der Waals surface area (Å²) in [5, 5.41) is 5.63. The molecule has 36 heavy (non-hydrogen) atoms. The Labute approximate surface area is 193 Å². The topological polar surface area (TPSA) is 125 Å². The lowest BCUT2D eigenvalue weighted by atomic mass is 10.1. The van der Waals surface area contributed by atoms with Crippen LogP contribution in [0.15, 0.2) is 30.9 Å². The van der Waals surface area contributed by atoms with E-state index in [2.05, 4.69) is 25.0 Å². The summed E-state index contributed by atoms with van der Waals surface area (Å²) in [6.45, 7) is -1.42. The summed E-state index contributed by atoms with van der Waals surface area (Å²) >= 11 is 0. The molecule has 0 aliphatic rings. The molecule has 192 valence electrons. The number of carbonyl (C=O) groups excluding carboxylic acids is 1. The quantitative estimate of drug-likeness (QED) is 0.371. The van der Waals surface area contributed by atoms with Crippen molar-refractivity contribution in [2.24, 2.45) is 5.73 Å². The molecule has 9 nitrogen and oxygen atoms in total. The van der Waals surface area contributed by atoms with Crippen molar-refractivity contribution in [2.75, 3.05) is 11.9 Å². The zero-order chi connectivity index (χ0) is 26.9. The van der Waals surface area contributed by atoms with E-state index in [1.165, 1.54) is 0 Å². The molecule has 3 aromatic rings. The van der Waals surface area contributed by atoms with Gasteiger partial charge in [-0.25, -0.2) is 24.6 Å². The van der Waals surface area contributed by atoms with Crippen molar-refractivity contribution in [2.45, 2.75) is 18.5 Å². The fourth-order valence-corrected chi connectivity index (χ4v) is 2.57. The fourth-order valence-electron chi connectivity index (χ4n) is 2.57. The van der Waals surface area contributed by atoms with E-state index in [4.69, 9.17) is 5.73 Å². The molecule has 0 bridgehead atoms. The van der Waals surface area contributed by atoms with Gasteiger partial charge in [-0.3, -0.25) is 4.79 Å². The molecule has 0 saturated heterocycles. The third-order valence-corrected chi connectivity index (χ3v) is 4.11. The predicted octanol–water partition coefficient (Wildman–Crippen LogP) is 3.63. The first kappa shape index (κ1) is 26.4. The van der Waals surface area contributed by atoms with Gasteiger partial charge in [0.05, 0.1) is 5.57 Å². The largest absolute Gasteiger partial charge is 0.433 e. The number of halogens is 9. The maximum Gasteiger partial charge on any atom is 0.433 e. The number of primary amides is 1. The number of hydrogen-bond acceptors (Lipinski definition) is 7. The number of rotatable bonds is 6. The zero-order valence-electron chi connectivity index (χ0n) is 17.2. The lowest BCUT2D eigenvalue weighted by Gasteiger charge is -2.11. The third-order valence-electron chi connectivity index (χ3n) is 4.11. The first-order valence-electron chi connectivity index (χ1n) is 9.25. The highest BCUT2D eigenvalue weighted by Crippen LogP contribution is 2.35. The van der Waals surface area contributed by atoms with Crippen LogP contribution in [0.5, 0.6) is 0 Å². The van der Waals surface area contributed by atoms with Crippen LogP contribution < -0.4 is 11.1 Å². The van der Waals surface area contributed by atoms with E-state index in [1.807, 2.05) is 5.32 Å². The number of alkyl halides is 9. The fraction of sp³-hybridized carbons (Fsp3) is 0.222. The van der Waals surface area contributed by atoms with Crippen molar-refractivity contribution >= 4 is 23.6 Å². The number of nitrogens with zero attached hydrogens (tertiary/aromatic N) is 6. The summed E-state index contributed by atoms with van der Waals surface area (Å²) < 4.78 is 116. The number of hydrogen-bond donors (Lipinski definition) is 2. The second-order valence-corrected chi connectivity index (χ2v) is 6.84. The number of pyridine rings is 1. The molecule has 0 spiro atoms. The number of amides is 1. The van der Waals surface area contributed by atoms with Gasteiger partial charge in [0.15, 0.2) is 5.82 Å². The molecule has 3 aromatic heterocycles. The predicted molar refractivity (Wildman–Crippen MR) is 103 cm³/mol. The van der Waals surface area contributed by atoms with Gasteiger partial charge < -0.3 is 11.1 Å². The van der Waals surface area contributed by atoms with Gasteiger partial charge >= 0.3 is 18.5 Å². The van der Waals surface area contributed by atoms with Gasteiger partial charge in [-0.15, -0.1) is 5.10 Å². The van der Waals surface area contributed by atoms with Crippen molar-refractivity contribution < 1.29 is 44.3 Å². The van der Waals surface area contributed by atoms with E-state index >= 15 is 0 Å². The van der Waals surface area contributed by atoms with Crippen molar-refractivity contribution in [3.05, 3.63) is 47.8 Å². The number of nitrogens with two attached hydrogens (primary N) is 1. The minimum absolute atomic E-state index is 0.0836. The normalized spacial score (nSPS) is 13.1. The van der Waals surface area contributed by atoms with Crippen LogP contribution in [0.3, 0.4) is 0 Å². The summed E-state index contributed by atoms with van der Waals surface area (Å²) in [5.41, 5.74) is 0.525. The number of anilines is 1. The van der Waals surface area contributed by atoms with Crippen LogP contribution in [0.4, 0.5) is 45.5 Å². The Morgan fingerprint density at radius 1 is 0.944 bits per heavy atom. The average Bonchev–Trinajstić information content (AvgIpc) is 3.23. The maximum absolute atomic E-state index is 13.0. The van der Waals surface area contributed by atoms with Crippen LogP contribution in [0.25, 0.3) is 23.2 Å². The van der Waals surface area contributed by atoms with E-state index in [0.29, 0.717) is 12.1 Å². The van der Waals surface area contributed by atoms with Crippen LogP contribution in [0, 0.1) is 0 Å². The molecule has 0 atom stereocenters. The van der Waals surface area contributed by atoms with E-state index in [0.717, 1.165) is 29.6 Å². The number of carbonyl (C=O) groups is 1. The van der Waals surface area contributed by atoms with Crippen molar-refractivity contribution in [1.82, 2.24) is 29.7 Å². The molecule has 0 unspecified atom stereocenters. The van der Waals surface area contributed by atoms with Crippen LogP contribution in [-0.2, 0) is 17.1 Å². The highest BCUT2D eigenvalue weighted by molar-refractivity contribution is 6.22. The molecule has 0 aromatic carbocycles. The van der Waals surface area contributed by atoms with E-state index < -0.39 is 59.7 Å². The van der Waals surface area contributed by atoms with E-state index in [9.17, 15) is 44.3 Å². The van der Waals surface area contributed by atoms with Gasteiger partial charge in [-0.2, -0.15) is 39.5 Å². The smallest absolute Gasteiger partial charge is 0.366 e. The van der Waals surface area contributed by atoms with Gasteiger partial charge in [-0.05, 0) is 12.1 Å². The third kappa shape index (κ3) is 6.66. The lowest BCUT2D eigenvalue weighted by molar-refractivity contribution is -0.150. The molecule has 1 amide bonds. The Balaban J connectivity index is 1.94. The first-order valence-corrected chi connectivity index (χ1v) is 9.25. The second kappa shape index (κ2) is 9.42. The van der Waals surface area contributed by atoms with Gasteiger partial charge in [-0.1, -0.05) is 0 Å². The van der Waals surface area contributed by atoms with Crippen molar-refractivity contribution in [3.8, 4) is 11.4 Å². The monoisotopic (exact) mass is 526 g/mol. The molecule has 3 heterocycles. The van der Waals surface area contributed by atoms with Gasteiger partial charge in [0.25, 0.3) is 5.91 Å². The van der Waals surface area contributed by atoms with Crippen LogP contribution >= 0.6 is 0 Å². The van der Waals surface area contributed by atoms with Gasteiger partial charge in [0, 0.05) is 29.7 Å². The number of aromatic nitrogens is 6. The van der Waals surface area contributed by atoms with Crippen LogP contribution in [0.1, 0.15) is 17.0 Å². The van der Waals surface area contributed by atoms with E-state index in [1.54, 1.807) is 0 Å². The summed E-state index contributed by atoms with van der Waals surface area (Å²) in [6.07, 6.45) is -11.3. The second-order valence-electron chi connectivity index (χ2n) is 6.84. The Morgan fingerprint density at radius 3 is 1.97 bits per heavy atom. The minimum Gasteiger partial charge on any atom is -0.366 e. The highest BCUT2D eigenvalue weighted by atomic mass is 19.4. The van der Waals surface area contributed by atoms with Gasteiger partial charge in [0.1, 0.15) is 24.3 Å². The molecule has 3 N–H and O–H groups in total. The maximum atomic E-state index is 13.0. The molecule has 18 heteroatoms. The standard InChI is InChI=1S/C18H11F9N8O/c19-16(20,21)6-31-15-29-3-9(4-30-15)10(13(28)36)5-35-7-32-14(34-35)8-1-11(17(22,23)24)33-12(2-8)18(25,26)27/h1-5,7H,6H2,(H2,28,36)(H,29,30,31)/b10-5+. The van der Waals surface area contributed by atoms with Crippen molar-refractivity contribution in [3.63, 3.8) is 0 Å². The highest BCUT2D eigenvalue weighted by Gasteiger charge is 2.39. The average molecular weight is 526 g/mol. The summed E-state index contributed by atoms with van der Waals surface area (Å²) in [5.74, 6) is -2.08. The summed E-state index contributed by atoms with van der Waals surface area (Å²) in [7, 11) is 0. The minimum atomic E-state index is -5.20. The SMILES string of the molecule is NC(=O)/C(=C/n1cnc(-c2cc(C(F)(F)F)nc(C(F)(F)F)c2)n1)c1cnc(NCC(F)(F)F)nc1. The molecular weight excluding hydrogens is 515 g/mol. The first-order chi connectivity index (χ1) is 16.5. The molecule has 0 aliphatic heterocycles. The van der Waals surface area contributed by atoms with Crippen LogP contribution in [-0.4, -0.2) is 48.3 Å². The summed E-state index contributed by atoms with van der Waals surface area (Å²) in [6, 6.07) is 0.627. The van der Waals surface area contributed by atoms with E-state index in [-0.39, 0.29) is 11.1 Å². The molecule has 0 aliphatic carbocycles. The molecule has 0 saturated carbocycles. The Morgan fingerprint density at radius 2 is 1.50 bits per heavy atom. The zero-order valence-corrected chi connectivity index (χ0v) is 17.2. The Bertz CT molecular complexity index is 1250. The molecule has 0 fully saturated rings. The summed E-state index contributed by atoms with van der Waals surface area (Å²) in [4.78, 5) is 25.3.